The Kier molecular flexibility index (Phi) is 6.68. The van der Waals surface area contributed by atoms with Crippen LogP contribution in [0.2, 0.25) is 5.02 Å². The second-order valence-corrected chi connectivity index (χ2v) is 6.91. The first-order chi connectivity index (χ1) is 13.9. The van der Waals surface area contributed by atoms with E-state index in [9.17, 15) is 19.7 Å². The zero-order chi connectivity index (χ0) is 21.0. The fraction of sp³-hybridized carbons (Fsp3) is 0.444. The van der Waals surface area contributed by atoms with E-state index in [0.29, 0.717) is 44.1 Å². The van der Waals surface area contributed by atoms with E-state index in [1.165, 1.54) is 18.2 Å². The average Bonchev–Trinajstić information content (AvgIpc) is 2.68. The van der Waals surface area contributed by atoms with Crippen molar-refractivity contribution in [3.05, 3.63) is 50.2 Å². The summed E-state index contributed by atoms with van der Waals surface area (Å²) in [6.07, 6.45) is 0. The number of nitrogens with zero attached hydrogens (tertiary/aromatic N) is 2. The van der Waals surface area contributed by atoms with E-state index in [1.807, 2.05) is 4.90 Å². The second kappa shape index (κ2) is 9.21. The van der Waals surface area contributed by atoms with Gasteiger partial charge in [0.05, 0.1) is 36.4 Å². The number of esters is 1. The van der Waals surface area contributed by atoms with Crippen LogP contribution in [0.25, 0.3) is 0 Å². The zero-order valence-electron chi connectivity index (χ0n) is 15.8. The Hall–Kier alpha value is -2.69. The summed E-state index contributed by atoms with van der Waals surface area (Å²) in [6.45, 7) is 4.56. The Morgan fingerprint density at radius 3 is 2.79 bits per heavy atom. The molecule has 1 saturated heterocycles. The first-order valence-electron chi connectivity index (χ1n) is 9.12. The van der Waals surface area contributed by atoms with Gasteiger partial charge < -0.3 is 20.1 Å². The molecule has 11 heteroatoms. The highest BCUT2D eigenvalue weighted by Gasteiger charge is 2.35. The molecule has 0 aliphatic carbocycles. The summed E-state index contributed by atoms with van der Waals surface area (Å²) in [6, 6.07) is 2.74. The summed E-state index contributed by atoms with van der Waals surface area (Å²) in [5.74, 6) is -0.606. The van der Waals surface area contributed by atoms with Crippen LogP contribution in [0.3, 0.4) is 0 Å². The van der Waals surface area contributed by atoms with Gasteiger partial charge in [-0.1, -0.05) is 17.7 Å². The lowest BCUT2D eigenvalue weighted by Gasteiger charge is -2.33. The van der Waals surface area contributed by atoms with Gasteiger partial charge in [0.2, 0.25) is 0 Å². The summed E-state index contributed by atoms with van der Waals surface area (Å²) in [5, 5.41) is 16.6. The molecule has 2 heterocycles. The predicted molar refractivity (Wildman–Crippen MR) is 103 cm³/mol. The van der Waals surface area contributed by atoms with Crippen molar-refractivity contribution < 1.29 is 24.0 Å². The number of urea groups is 1. The van der Waals surface area contributed by atoms with Gasteiger partial charge in [-0.05, 0) is 18.6 Å². The Balaban J connectivity index is 2.04. The fourth-order valence-electron chi connectivity index (χ4n) is 3.27. The van der Waals surface area contributed by atoms with Crippen LogP contribution in [-0.4, -0.2) is 61.3 Å². The van der Waals surface area contributed by atoms with Gasteiger partial charge >= 0.3 is 12.0 Å². The minimum absolute atomic E-state index is 0.0331. The summed E-state index contributed by atoms with van der Waals surface area (Å²) in [7, 11) is 0. The van der Waals surface area contributed by atoms with Gasteiger partial charge in [0.15, 0.2) is 0 Å². The van der Waals surface area contributed by atoms with Crippen molar-refractivity contribution in [2.45, 2.75) is 13.0 Å². The molecule has 2 aliphatic heterocycles. The molecule has 0 unspecified atom stereocenters. The molecule has 29 heavy (non-hydrogen) atoms. The van der Waals surface area contributed by atoms with Crippen molar-refractivity contribution in [1.82, 2.24) is 15.5 Å². The molecular formula is C18H21ClN4O6. The van der Waals surface area contributed by atoms with Crippen molar-refractivity contribution in [2.24, 2.45) is 0 Å². The molecule has 0 aromatic heterocycles. The van der Waals surface area contributed by atoms with E-state index in [4.69, 9.17) is 21.1 Å². The molecule has 2 amide bonds. The number of rotatable bonds is 6. The summed E-state index contributed by atoms with van der Waals surface area (Å²) in [4.78, 5) is 37.7. The number of carbonyl (C=O) groups is 2. The number of halogens is 1. The van der Waals surface area contributed by atoms with E-state index in [1.54, 1.807) is 6.92 Å². The molecule has 1 fully saturated rings. The van der Waals surface area contributed by atoms with Crippen LogP contribution >= 0.6 is 11.6 Å². The maximum atomic E-state index is 12.8. The molecule has 156 valence electrons. The molecule has 0 saturated carbocycles. The Bertz CT molecular complexity index is 853. The van der Waals surface area contributed by atoms with Crippen LogP contribution in [0.5, 0.6) is 0 Å². The van der Waals surface area contributed by atoms with Crippen molar-refractivity contribution in [1.29, 1.82) is 0 Å². The smallest absolute Gasteiger partial charge is 0.338 e. The number of hydrogen-bond donors (Lipinski definition) is 2. The summed E-state index contributed by atoms with van der Waals surface area (Å²) in [5.41, 5.74) is 0.652. The molecule has 0 radical (unpaired) electrons. The van der Waals surface area contributed by atoms with Crippen molar-refractivity contribution in [3.63, 3.8) is 0 Å². The number of nitro groups is 1. The number of nitro benzene ring substituents is 1. The fourth-order valence-corrected chi connectivity index (χ4v) is 3.46. The topological polar surface area (TPSA) is 123 Å². The number of benzene rings is 1. The van der Waals surface area contributed by atoms with Gasteiger partial charge in [-0.2, -0.15) is 0 Å². The first-order valence-corrected chi connectivity index (χ1v) is 9.50. The van der Waals surface area contributed by atoms with Gasteiger partial charge in [-0.15, -0.1) is 0 Å². The minimum atomic E-state index is -0.908. The van der Waals surface area contributed by atoms with Crippen molar-refractivity contribution >= 4 is 29.3 Å². The lowest BCUT2D eigenvalue weighted by atomic mass is 9.94. The van der Waals surface area contributed by atoms with E-state index in [2.05, 4.69) is 10.6 Å². The summed E-state index contributed by atoms with van der Waals surface area (Å²) < 4.78 is 10.5. The quantitative estimate of drug-likeness (QED) is 0.405. The van der Waals surface area contributed by atoms with Gasteiger partial charge in [0.25, 0.3) is 5.69 Å². The lowest BCUT2D eigenvalue weighted by molar-refractivity contribution is -0.384. The van der Waals surface area contributed by atoms with Gasteiger partial charge in [0.1, 0.15) is 5.02 Å². The highest BCUT2D eigenvalue weighted by molar-refractivity contribution is 6.32. The second-order valence-electron chi connectivity index (χ2n) is 6.50. The molecule has 1 atom stereocenters. The minimum Gasteiger partial charge on any atom is -0.463 e. The number of ether oxygens (including phenoxy) is 2. The van der Waals surface area contributed by atoms with Gasteiger partial charge in [-0.3, -0.25) is 15.0 Å². The summed E-state index contributed by atoms with van der Waals surface area (Å²) >= 11 is 5.90. The molecule has 10 nitrogen and oxygen atoms in total. The molecule has 1 aromatic rings. The third-order valence-corrected chi connectivity index (χ3v) is 4.95. The van der Waals surface area contributed by atoms with Crippen LogP contribution in [0.15, 0.2) is 29.5 Å². The van der Waals surface area contributed by atoms with E-state index in [0.717, 1.165) is 0 Å². The molecule has 2 aliphatic rings. The Morgan fingerprint density at radius 1 is 1.41 bits per heavy atom. The molecule has 0 bridgehead atoms. The average molecular weight is 425 g/mol. The third kappa shape index (κ3) is 4.84. The molecule has 3 rings (SSSR count). The molecule has 0 spiro atoms. The lowest BCUT2D eigenvalue weighted by Crippen LogP contribution is -2.49. The standard InChI is InChI=1S/C18H21ClN4O6/c1-2-29-17(24)15-13(10-22-5-7-28-8-6-22)20-18(25)21-16(15)11-3-4-12(19)14(9-11)23(26)27/h3-4,9,16H,2,5-8,10H2,1H3,(H2,20,21,25)/t16-/m0/s1. The monoisotopic (exact) mass is 424 g/mol. The number of amides is 2. The largest absolute Gasteiger partial charge is 0.463 e. The first kappa shape index (κ1) is 21.0. The van der Waals surface area contributed by atoms with E-state index in [-0.39, 0.29) is 22.9 Å². The van der Waals surface area contributed by atoms with Crippen molar-refractivity contribution in [3.8, 4) is 0 Å². The number of hydrogen-bond acceptors (Lipinski definition) is 7. The molecular weight excluding hydrogens is 404 g/mol. The van der Waals surface area contributed by atoms with E-state index < -0.39 is 23.0 Å². The molecule has 1 aromatic carbocycles. The SMILES string of the molecule is CCOC(=O)C1=C(CN2CCOCC2)NC(=O)N[C@H]1c1ccc(Cl)c([N+](=O)[O-])c1. The third-order valence-electron chi connectivity index (χ3n) is 4.63. The van der Waals surface area contributed by atoms with Crippen LogP contribution in [0.1, 0.15) is 18.5 Å². The highest BCUT2D eigenvalue weighted by Crippen LogP contribution is 2.33. The number of morpholine rings is 1. The van der Waals surface area contributed by atoms with Gasteiger partial charge in [-0.25, -0.2) is 9.59 Å². The normalized spacial score (nSPS) is 20.1. The zero-order valence-corrected chi connectivity index (χ0v) is 16.5. The van der Waals surface area contributed by atoms with Crippen LogP contribution < -0.4 is 10.6 Å². The molecule has 2 N–H and O–H groups in total. The highest BCUT2D eigenvalue weighted by atomic mass is 35.5. The van der Waals surface area contributed by atoms with Crippen molar-refractivity contribution in [2.75, 3.05) is 39.5 Å². The number of carbonyl (C=O) groups excluding carboxylic acids is 2. The maximum Gasteiger partial charge on any atom is 0.338 e. The predicted octanol–water partition coefficient (Wildman–Crippen LogP) is 1.75. The van der Waals surface area contributed by atoms with Crippen LogP contribution in [0, 0.1) is 10.1 Å². The van der Waals surface area contributed by atoms with Crippen LogP contribution in [0.4, 0.5) is 10.5 Å². The maximum absolute atomic E-state index is 12.8. The van der Waals surface area contributed by atoms with Gasteiger partial charge in [0, 0.05) is 31.4 Å². The Labute approximate surface area is 171 Å². The van der Waals surface area contributed by atoms with E-state index >= 15 is 0 Å². The van der Waals surface area contributed by atoms with Crippen LogP contribution in [-0.2, 0) is 14.3 Å². The Morgan fingerprint density at radius 2 is 2.14 bits per heavy atom. The number of nitrogens with one attached hydrogen (secondary N) is 2.